The minimum Gasteiger partial charge on any atom is -0.481 e. The zero-order chi connectivity index (χ0) is 17.8. The zero-order valence-electron chi connectivity index (χ0n) is 14.7. The van der Waals surface area contributed by atoms with E-state index in [1.807, 2.05) is 20.8 Å². The highest BCUT2D eigenvalue weighted by molar-refractivity contribution is 5.78. The average molecular weight is 337 g/mol. The van der Waals surface area contributed by atoms with Crippen LogP contribution in [0, 0.1) is 0 Å². The first-order chi connectivity index (χ1) is 11.2. The summed E-state index contributed by atoms with van der Waals surface area (Å²) in [5.74, 6) is 0.230. The summed E-state index contributed by atoms with van der Waals surface area (Å²) < 4.78 is 5.21. The van der Waals surface area contributed by atoms with E-state index < -0.39 is 11.5 Å². The van der Waals surface area contributed by atoms with E-state index in [0.717, 1.165) is 25.7 Å². The van der Waals surface area contributed by atoms with Gasteiger partial charge < -0.3 is 14.9 Å². The Kier molecular flexibility index (Phi) is 5.62. The summed E-state index contributed by atoms with van der Waals surface area (Å²) in [6.07, 6.45) is 4.87. The lowest BCUT2D eigenvalue weighted by atomic mass is 9.93. The predicted molar refractivity (Wildman–Crippen MR) is 87.5 cm³/mol. The van der Waals surface area contributed by atoms with Crippen LogP contribution in [0.5, 0.6) is 0 Å². The molecule has 0 radical (unpaired) electrons. The third kappa shape index (κ3) is 5.04. The fourth-order valence-corrected chi connectivity index (χ4v) is 3.11. The molecule has 0 unspecified atom stereocenters. The quantitative estimate of drug-likeness (QED) is 0.792. The fraction of sp³-hybridized carbons (Fsp3) is 0.765. The minimum absolute atomic E-state index is 0.00264. The van der Waals surface area contributed by atoms with Gasteiger partial charge in [-0.3, -0.25) is 9.59 Å². The van der Waals surface area contributed by atoms with E-state index in [9.17, 15) is 9.59 Å². The molecule has 0 spiro atoms. The number of carbonyl (C=O) groups is 2. The Hall–Kier alpha value is -1.92. The van der Waals surface area contributed by atoms with Gasteiger partial charge in [-0.2, -0.15) is 4.98 Å². The Morgan fingerprint density at radius 1 is 1.29 bits per heavy atom. The van der Waals surface area contributed by atoms with Crippen LogP contribution in [-0.4, -0.2) is 32.7 Å². The number of rotatable bonds is 7. The van der Waals surface area contributed by atoms with Crippen LogP contribution in [0.25, 0.3) is 0 Å². The summed E-state index contributed by atoms with van der Waals surface area (Å²) in [5.41, 5.74) is -0.725. The number of nitrogens with zero attached hydrogens (tertiary/aromatic N) is 2. The highest BCUT2D eigenvalue weighted by atomic mass is 16.5. The number of amides is 1. The molecule has 1 fully saturated rings. The van der Waals surface area contributed by atoms with E-state index in [1.54, 1.807) is 0 Å². The van der Waals surface area contributed by atoms with Crippen molar-refractivity contribution < 1.29 is 19.2 Å². The maximum atomic E-state index is 12.2. The van der Waals surface area contributed by atoms with Crippen LogP contribution in [-0.2, 0) is 21.4 Å². The molecule has 0 bridgehead atoms. The molecule has 1 aromatic rings. The van der Waals surface area contributed by atoms with Crippen molar-refractivity contribution in [3.63, 3.8) is 0 Å². The minimum atomic E-state index is -0.863. The summed E-state index contributed by atoms with van der Waals surface area (Å²) in [4.78, 5) is 27.6. The van der Waals surface area contributed by atoms with Gasteiger partial charge in [-0.1, -0.05) is 38.8 Å². The van der Waals surface area contributed by atoms with Gasteiger partial charge in [0.2, 0.25) is 11.8 Å². The van der Waals surface area contributed by atoms with Crippen molar-refractivity contribution in [1.82, 2.24) is 15.5 Å². The van der Waals surface area contributed by atoms with Gasteiger partial charge in [0.15, 0.2) is 5.82 Å². The largest absolute Gasteiger partial charge is 0.481 e. The Labute approximate surface area is 142 Å². The molecule has 0 aliphatic heterocycles. The molecule has 24 heavy (non-hydrogen) atoms. The van der Waals surface area contributed by atoms with E-state index in [1.165, 1.54) is 0 Å². The van der Waals surface area contributed by atoms with Crippen molar-refractivity contribution in [3.05, 3.63) is 11.7 Å². The van der Waals surface area contributed by atoms with Gasteiger partial charge in [-0.05, 0) is 19.3 Å². The molecule has 7 heteroatoms. The van der Waals surface area contributed by atoms with Gasteiger partial charge in [0, 0.05) is 18.3 Å². The van der Waals surface area contributed by atoms with Crippen LogP contribution in [0.2, 0.25) is 0 Å². The lowest BCUT2D eigenvalue weighted by Crippen LogP contribution is -2.47. The first-order valence-electron chi connectivity index (χ1n) is 8.56. The fourth-order valence-electron chi connectivity index (χ4n) is 3.11. The zero-order valence-corrected chi connectivity index (χ0v) is 14.7. The highest BCUT2D eigenvalue weighted by Crippen LogP contribution is 2.32. The van der Waals surface area contributed by atoms with Gasteiger partial charge in [0.25, 0.3) is 0 Å². The van der Waals surface area contributed by atoms with Gasteiger partial charge in [-0.15, -0.1) is 0 Å². The van der Waals surface area contributed by atoms with E-state index in [0.29, 0.717) is 31.0 Å². The topological polar surface area (TPSA) is 105 Å². The maximum Gasteiger partial charge on any atom is 0.305 e. The molecule has 2 rings (SSSR count). The molecular formula is C17H27N3O4. The van der Waals surface area contributed by atoms with E-state index in [4.69, 9.17) is 9.63 Å². The van der Waals surface area contributed by atoms with Crippen molar-refractivity contribution >= 4 is 11.9 Å². The molecular weight excluding hydrogens is 310 g/mol. The van der Waals surface area contributed by atoms with Crippen LogP contribution in [0.4, 0.5) is 0 Å². The second-order valence-electron chi connectivity index (χ2n) is 7.72. The Morgan fingerprint density at radius 3 is 2.50 bits per heavy atom. The van der Waals surface area contributed by atoms with Crippen molar-refractivity contribution in [1.29, 1.82) is 0 Å². The molecule has 1 amide bonds. The van der Waals surface area contributed by atoms with Crippen LogP contribution in [0.15, 0.2) is 4.52 Å². The van der Waals surface area contributed by atoms with Crippen LogP contribution < -0.4 is 5.32 Å². The van der Waals surface area contributed by atoms with Gasteiger partial charge in [-0.25, -0.2) is 0 Å². The van der Waals surface area contributed by atoms with Gasteiger partial charge >= 0.3 is 5.97 Å². The second-order valence-corrected chi connectivity index (χ2v) is 7.72. The molecule has 0 aromatic carbocycles. The Morgan fingerprint density at radius 2 is 1.96 bits per heavy atom. The summed E-state index contributed by atoms with van der Waals surface area (Å²) in [5, 5.41) is 16.0. The molecule has 1 aliphatic rings. The Balaban J connectivity index is 1.80. The number of carboxylic acid groups (broad SMARTS) is 1. The van der Waals surface area contributed by atoms with Crippen LogP contribution in [0.1, 0.15) is 77.4 Å². The average Bonchev–Trinajstić information content (AvgIpc) is 3.07. The monoisotopic (exact) mass is 337 g/mol. The molecule has 1 aromatic heterocycles. The first-order valence-corrected chi connectivity index (χ1v) is 8.56. The number of aliphatic carboxylic acids is 1. The molecule has 0 atom stereocenters. The second kappa shape index (κ2) is 7.32. The summed E-state index contributed by atoms with van der Waals surface area (Å²) in [6.45, 7) is 6.04. The first kappa shape index (κ1) is 18.4. The van der Waals surface area contributed by atoms with Crippen LogP contribution >= 0.6 is 0 Å². The van der Waals surface area contributed by atoms with Crippen molar-refractivity contribution in [3.8, 4) is 0 Å². The third-order valence-electron chi connectivity index (χ3n) is 4.39. The normalized spacial score (nSPS) is 17.0. The number of carboxylic acids is 1. The Bertz CT molecular complexity index is 583. The third-order valence-corrected chi connectivity index (χ3v) is 4.39. The van der Waals surface area contributed by atoms with Crippen molar-refractivity contribution in [2.24, 2.45) is 0 Å². The van der Waals surface area contributed by atoms with E-state index >= 15 is 0 Å². The van der Waals surface area contributed by atoms with Gasteiger partial charge in [0.1, 0.15) is 0 Å². The van der Waals surface area contributed by atoms with Gasteiger partial charge in [0.05, 0.1) is 12.0 Å². The SMILES string of the molecule is CC(C)(C)c1noc(CCCC(=O)NC2(CC(=O)O)CCCC2)n1. The summed E-state index contributed by atoms with van der Waals surface area (Å²) in [6, 6.07) is 0. The van der Waals surface area contributed by atoms with Crippen LogP contribution in [0.3, 0.4) is 0 Å². The molecule has 134 valence electrons. The molecule has 0 saturated heterocycles. The predicted octanol–water partition coefficient (Wildman–Crippen LogP) is 2.59. The number of hydrogen-bond acceptors (Lipinski definition) is 5. The number of hydrogen-bond donors (Lipinski definition) is 2. The van der Waals surface area contributed by atoms with Crippen molar-refractivity contribution in [2.75, 3.05) is 0 Å². The number of carbonyl (C=O) groups excluding carboxylic acids is 1. The number of nitrogens with one attached hydrogen (secondary N) is 1. The summed E-state index contributed by atoms with van der Waals surface area (Å²) in [7, 11) is 0. The smallest absolute Gasteiger partial charge is 0.305 e. The maximum absolute atomic E-state index is 12.2. The molecule has 1 aliphatic carbocycles. The number of aryl methyl sites for hydroxylation is 1. The molecule has 7 nitrogen and oxygen atoms in total. The highest BCUT2D eigenvalue weighted by Gasteiger charge is 2.37. The van der Waals surface area contributed by atoms with Crippen molar-refractivity contribution in [2.45, 2.75) is 83.1 Å². The standard InChI is InChI=1S/C17H27N3O4/c1-16(2,3)15-18-13(24-20-15)8-6-7-12(21)19-17(11-14(22)23)9-4-5-10-17/h4-11H2,1-3H3,(H,19,21)(H,22,23). The molecule has 2 N–H and O–H groups in total. The van der Waals surface area contributed by atoms with E-state index in [-0.39, 0.29) is 17.7 Å². The molecule has 1 saturated carbocycles. The summed E-state index contributed by atoms with van der Waals surface area (Å²) >= 11 is 0. The lowest BCUT2D eigenvalue weighted by Gasteiger charge is -2.28. The van der Waals surface area contributed by atoms with E-state index in [2.05, 4.69) is 15.5 Å². The lowest BCUT2D eigenvalue weighted by molar-refractivity contribution is -0.139. The molecule has 1 heterocycles. The number of aromatic nitrogens is 2.